The smallest absolute Gasteiger partial charge is 0.227 e. The number of fused-ring (bicyclic) bond motifs is 6. The molecule has 0 saturated heterocycles. The first-order chi connectivity index (χ1) is 16.2. The van der Waals surface area contributed by atoms with Crippen LogP contribution in [0.5, 0.6) is 0 Å². The topological polar surface area (TPSA) is 29.9 Å². The molecule has 0 fully saturated rings. The zero-order valence-corrected chi connectivity index (χ0v) is 21.1. The summed E-state index contributed by atoms with van der Waals surface area (Å²) in [5.41, 5.74) is 12.6. The predicted octanol–water partition coefficient (Wildman–Crippen LogP) is 7.52. The van der Waals surface area contributed by atoms with Gasteiger partial charge in [0.15, 0.2) is 11.8 Å². The summed E-state index contributed by atoms with van der Waals surface area (Å²) in [6.07, 6.45) is 2.23. The van der Waals surface area contributed by atoms with Crippen LogP contribution in [0.25, 0.3) is 44.6 Å². The van der Waals surface area contributed by atoms with E-state index in [9.17, 15) is 0 Å². The van der Waals surface area contributed by atoms with E-state index in [4.69, 9.17) is 9.40 Å². The molecule has 0 unspecified atom stereocenters. The summed E-state index contributed by atoms with van der Waals surface area (Å²) in [6.45, 7) is 13.5. The lowest BCUT2D eigenvalue weighted by atomic mass is 9.82. The molecular weight excluding hydrogens is 416 g/mol. The van der Waals surface area contributed by atoms with Crippen LogP contribution in [-0.2, 0) is 12.5 Å². The van der Waals surface area contributed by atoms with Gasteiger partial charge in [-0.1, -0.05) is 64.1 Å². The van der Waals surface area contributed by atoms with Crippen molar-refractivity contribution >= 4 is 22.1 Å². The van der Waals surface area contributed by atoms with E-state index < -0.39 is 0 Å². The maximum Gasteiger partial charge on any atom is 0.227 e. The highest BCUT2D eigenvalue weighted by atomic mass is 16.3. The summed E-state index contributed by atoms with van der Waals surface area (Å²) in [6, 6.07) is 17.7. The molecule has 0 bridgehead atoms. The van der Waals surface area contributed by atoms with Crippen LogP contribution >= 0.6 is 0 Å². The van der Waals surface area contributed by atoms with E-state index in [2.05, 4.69) is 108 Å². The second-order valence-electron chi connectivity index (χ2n) is 10.7. The van der Waals surface area contributed by atoms with Gasteiger partial charge in [-0.25, -0.2) is 9.55 Å². The lowest BCUT2D eigenvalue weighted by molar-refractivity contribution is -0.660. The normalized spacial score (nSPS) is 14.2. The highest BCUT2D eigenvalue weighted by Gasteiger charge is 2.37. The molecule has 3 heterocycles. The first kappa shape index (κ1) is 21.1. The quantitative estimate of drug-likeness (QED) is 0.262. The van der Waals surface area contributed by atoms with E-state index in [1.165, 1.54) is 39.1 Å². The molecule has 1 aliphatic carbocycles. The number of rotatable bonds is 2. The minimum absolute atomic E-state index is 0.0835. The van der Waals surface area contributed by atoms with Gasteiger partial charge in [0.2, 0.25) is 11.4 Å². The summed E-state index contributed by atoms with van der Waals surface area (Å²) < 4.78 is 8.81. The number of nitrogens with zero attached hydrogens (tertiary/aromatic N) is 2. The van der Waals surface area contributed by atoms with Gasteiger partial charge in [-0.05, 0) is 48.1 Å². The van der Waals surface area contributed by atoms with Gasteiger partial charge in [0.05, 0.1) is 11.3 Å². The Morgan fingerprint density at radius 1 is 0.912 bits per heavy atom. The van der Waals surface area contributed by atoms with Crippen LogP contribution in [0.1, 0.15) is 61.4 Å². The SMILES string of the molecule is Cc1c[n+](C)c(-c2c(C)ccc3c2oc2nc4c(cc23)C(C)(C)c2ccccc2-4)cc1C(C)C. The Kier molecular flexibility index (Phi) is 4.36. The summed E-state index contributed by atoms with van der Waals surface area (Å²) >= 11 is 0. The molecule has 0 spiro atoms. The van der Waals surface area contributed by atoms with Crippen LogP contribution in [-0.4, -0.2) is 4.98 Å². The summed E-state index contributed by atoms with van der Waals surface area (Å²) in [5.74, 6) is 0.460. The molecule has 1 aliphatic rings. The van der Waals surface area contributed by atoms with E-state index in [1.807, 2.05) is 0 Å². The third-order valence-corrected chi connectivity index (χ3v) is 7.76. The molecule has 0 N–H and O–H groups in total. The summed E-state index contributed by atoms with van der Waals surface area (Å²) in [4.78, 5) is 5.10. The molecule has 2 aromatic carbocycles. The number of benzene rings is 2. The molecule has 0 saturated carbocycles. The predicted molar refractivity (Wildman–Crippen MR) is 139 cm³/mol. The zero-order valence-electron chi connectivity index (χ0n) is 21.1. The van der Waals surface area contributed by atoms with Gasteiger partial charge in [0.25, 0.3) is 0 Å². The van der Waals surface area contributed by atoms with Gasteiger partial charge < -0.3 is 4.42 Å². The van der Waals surface area contributed by atoms with Crippen molar-refractivity contribution in [3.63, 3.8) is 0 Å². The fourth-order valence-corrected chi connectivity index (χ4v) is 5.91. The van der Waals surface area contributed by atoms with Crippen molar-refractivity contribution in [2.45, 2.75) is 52.9 Å². The summed E-state index contributed by atoms with van der Waals surface area (Å²) in [5, 5.41) is 2.22. The van der Waals surface area contributed by atoms with E-state index in [1.54, 1.807) is 0 Å². The van der Waals surface area contributed by atoms with Crippen molar-refractivity contribution in [2.75, 3.05) is 0 Å². The molecule has 3 heteroatoms. The second kappa shape index (κ2) is 7.02. The maximum atomic E-state index is 6.59. The minimum atomic E-state index is -0.0835. The van der Waals surface area contributed by atoms with Crippen molar-refractivity contribution in [1.82, 2.24) is 4.98 Å². The minimum Gasteiger partial charge on any atom is -0.437 e. The molecule has 5 aromatic rings. The fraction of sp³-hybridized carbons (Fsp3) is 0.290. The van der Waals surface area contributed by atoms with Gasteiger partial charge in [0.1, 0.15) is 7.05 Å². The zero-order chi connectivity index (χ0) is 23.9. The number of furan rings is 1. The second-order valence-corrected chi connectivity index (χ2v) is 10.7. The summed E-state index contributed by atoms with van der Waals surface area (Å²) in [7, 11) is 2.12. The van der Waals surface area contributed by atoms with Crippen LogP contribution in [0.3, 0.4) is 0 Å². The van der Waals surface area contributed by atoms with Crippen molar-refractivity contribution < 1.29 is 8.98 Å². The Morgan fingerprint density at radius 2 is 1.68 bits per heavy atom. The molecule has 170 valence electrons. The molecule has 3 nitrogen and oxygen atoms in total. The van der Waals surface area contributed by atoms with Gasteiger partial charge in [-0.15, -0.1) is 0 Å². The van der Waals surface area contributed by atoms with E-state index in [0.717, 1.165) is 27.6 Å². The monoisotopic (exact) mass is 447 g/mol. The lowest BCUT2D eigenvalue weighted by Crippen LogP contribution is -2.32. The highest BCUT2D eigenvalue weighted by Crippen LogP contribution is 2.49. The first-order valence-electron chi connectivity index (χ1n) is 12.2. The van der Waals surface area contributed by atoms with Crippen molar-refractivity contribution in [3.8, 4) is 22.5 Å². The Morgan fingerprint density at radius 3 is 2.44 bits per heavy atom. The molecular formula is C31H31N2O+. The van der Waals surface area contributed by atoms with Crippen LogP contribution in [0, 0.1) is 13.8 Å². The molecule has 0 atom stereocenters. The average Bonchev–Trinajstić information content (AvgIpc) is 3.26. The highest BCUT2D eigenvalue weighted by molar-refractivity contribution is 6.10. The number of aryl methyl sites for hydroxylation is 3. The third kappa shape index (κ3) is 2.76. The molecule has 6 rings (SSSR count). The van der Waals surface area contributed by atoms with Crippen LogP contribution in [0.2, 0.25) is 0 Å². The van der Waals surface area contributed by atoms with Crippen molar-refractivity contribution in [3.05, 3.63) is 82.5 Å². The lowest BCUT2D eigenvalue weighted by Gasteiger charge is -2.20. The van der Waals surface area contributed by atoms with Crippen molar-refractivity contribution in [1.29, 1.82) is 0 Å². The Hall–Kier alpha value is -3.46. The first-order valence-corrected chi connectivity index (χ1v) is 12.2. The molecule has 0 aliphatic heterocycles. The standard InChI is InChI=1S/C31H31N2O/c1-17(2)22-15-26(33(7)16-19(22)4)27-18(3)12-13-20-23-14-25-28(32-30(23)34-29(20)27)21-10-8-9-11-24(21)31(25,5)6/h8-17H,1-7H3/q+1. The van der Waals surface area contributed by atoms with Gasteiger partial charge in [-0.3, -0.25) is 0 Å². The third-order valence-electron chi connectivity index (χ3n) is 7.76. The van der Waals surface area contributed by atoms with E-state index in [0.29, 0.717) is 11.6 Å². The van der Waals surface area contributed by atoms with Gasteiger partial charge in [-0.2, -0.15) is 0 Å². The number of pyridine rings is 2. The van der Waals surface area contributed by atoms with E-state index in [-0.39, 0.29) is 5.41 Å². The molecule has 34 heavy (non-hydrogen) atoms. The maximum absolute atomic E-state index is 6.59. The fourth-order valence-electron chi connectivity index (χ4n) is 5.91. The van der Waals surface area contributed by atoms with E-state index >= 15 is 0 Å². The van der Waals surface area contributed by atoms with Gasteiger partial charge in [0, 0.05) is 33.4 Å². The Balaban J connectivity index is 1.67. The Labute approximate surface area is 201 Å². The Bertz CT molecular complexity index is 1640. The van der Waals surface area contributed by atoms with Crippen molar-refractivity contribution in [2.24, 2.45) is 7.05 Å². The number of hydrogen-bond donors (Lipinski definition) is 0. The van der Waals surface area contributed by atoms with Crippen LogP contribution in [0.15, 0.2) is 59.1 Å². The number of aromatic nitrogens is 2. The number of hydrogen-bond acceptors (Lipinski definition) is 2. The van der Waals surface area contributed by atoms with Crippen LogP contribution < -0.4 is 4.57 Å². The molecule has 3 aromatic heterocycles. The van der Waals surface area contributed by atoms with Gasteiger partial charge >= 0.3 is 0 Å². The molecule has 0 radical (unpaired) electrons. The van der Waals surface area contributed by atoms with Crippen LogP contribution in [0.4, 0.5) is 0 Å². The molecule has 0 amide bonds. The average molecular weight is 448 g/mol. The largest absolute Gasteiger partial charge is 0.437 e.